The Bertz CT molecular complexity index is 4640. The first-order valence-corrected chi connectivity index (χ1v) is 24.4. The maximum Gasteiger partial charge on any atom is 0.196 e. The van der Waals surface area contributed by atoms with Crippen molar-refractivity contribution in [3.05, 3.63) is 253 Å². The van der Waals surface area contributed by atoms with Gasteiger partial charge in [0.15, 0.2) is 28.8 Å². The van der Waals surface area contributed by atoms with Gasteiger partial charge in [-0.1, -0.05) is 140 Å². The average Bonchev–Trinajstić information content (AvgIpc) is 4.02. The van der Waals surface area contributed by atoms with Crippen LogP contribution in [0.4, 0.5) is 11.4 Å². The van der Waals surface area contributed by atoms with Crippen LogP contribution in [0, 0.1) is 35.8 Å². The lowest BCUT2D eigenvalue weighted by atomic mass is 9.98. The minimum Gasteiger partial charge on any atom is -0.309 e. The van der Waals surface area contributed by atoms with E-state index in [1.807, 2.05) is 122 Å². The third kappa shape index (κ3) is 7.47. The van der Waals surface area contributed by atoms with E-state index in [0.717, 1.165) is 105 Å². The first kappa shape index (κ1) is 44.6. The van der Waals surface area contributed by atoms with Crippen molar-refractivity contribution < 1.29 is 0 Å². The standard InChI is InChI=1S/C66H36N10/c1-69-48-25-28-49(47(34-48)39-68)44-23-29-61-54(35-44)52-18-10-12-20-59(52)76(61)63-37-46(66-73-64(42-13-5-3-6-14-42)72-65(74-66)43-15-7-4-8-16-43)22-27-53(63)56-40-71-32-31-62(56)75-58-19-11-9-17-51(58)55-36-45(24-30-60(55)75)50-26-21-41(38-67)33-57(50)70-2/h3-37,40H. The van der Waals surface area contributed by atoms with E-state index in [9.17, 15) is 10.5 Å². The Labute approximate surface area is 436 Å². The van der Waals surface area contributed by atoms with Gasteiger partial charge >= 0.3 is 0 Å². The topological polar surface area (TPSA) is 118 Å². The molecule has 0 saturated carbocycles. The van der Waals surface area contributed by atoms with Gasteiger partial charge in [0.2, 0.25) is 0 Å². The molecule has 76 heavy (non-hydrogen) atoms. The lowest BCUT2D eigenvalue weighted by Gasteiger charge is -2.19. The lowest BCUT2D eigenvalue weighted by Crippen LogP contribution is -2.04. The Balaban J connectivity index is 1.07. The fourth-order valence-corrected chi connectivity index (χ4v) is 10.5. The summed E-state index contributed by atoms with van der Waals surface area (Å²) in [6.07, 6.45) is 3.75. The van der Waals surface area contributed by atoms with Gasteiger partial charge in [-0.3, -0.25) is 4.98 Å². The molecule has 0 aliphatic carbocycles. The molecule has 9 aromatic carbocycles. The van der Waals surface area contributed by atoms with E-state index in [-0.39, 0.29) is 0 Å². The van der Waals surface area contributed by atoms with E-state index in [0.29, 0.717) is 40.0 Å². The summed E-state index contributed by atoms with van der Waals surface area (Å²) in [6, 6.07) is 72.6. The minimum absolute atomic E-state index is 0.411. The number of fused-ring (bicyclic) bond motifs is 6. The third-order valence-corrected chi connectivity index (χ3v) is 14.0. The largest absolute Gasteiger partial charge is 0.309 e. The maximum atomic E-state index is 10.3. The Hall–Kier alpha value is -11.3. The second-order valence-corrected chi connectivity index (χ2v) is 18.2. The quantitative estimate of drug-likeness (QED) is 0.140. The van der Waals surface area contributed by atoms with Gasteiger partial charge in [0, 0.05) is 72.9 Å². The molecule has 0 unspecified atom stereocenters. The number of hydrogen-bond acceptors (Lipinski definition) is 6. The number of rotatable bonds is 8. The zero-order valence-corrected chi connectivity index (χ0v) is 40.3. The summed E-state index contributed by atoms with van der Waals surface area (Å²) in [4.78, 5) is 27.6. The third-order valence-electron chi connectivity index (χ3n) is 14.0. The van der Waals surface area contributed by atoms with Crippen LogP contribution in [0.3, 0.4) is 0 Å². The van der Waals surface area contributed by atoms with Gasteiger partial charge in [0.1, 0.15) is 0 Å². The van der Waals surface area contributed by atoms with Gasteiger partial charge < -0.3 is 9.13 Å². The Kier molecular flexibility index (Phi) is 10.8. The molecule has 4 aromatic heterocycles. The highest BCUT2D eigenvalue weighted by molar-refractivity contribution is 6.13. The van der Waals surface area contributed by atoms with Crippen molar-refractivity contribution in [1.82, 2.24) is 29.1 Å². The molecule has 0 bridgehead atoms. The molecule has 13 aromatic rings. The molecule has 0 aliphatic rings. The summed E-state index contributed by atoms with van der Waals surface area (Å²) in [5, 5.41) is 23.9. The normalized spacial score (nSPS) is 11.1. The molecular formula is C66H36N10. The molecule has 13 rings (SSSR count). The number of nitriles is 2. The van der Waals surface area contributed by atoms with Gasteiger partial charge in [-0.15, -0.1) is 0 Å². The molecule has 0 spiro atoms. The van der Waals surface area contributed by atoms with E-state index in [2.05, 4.69) is 104 Å². The number of aromatic nitrogens is 6. The second-order valence-electron chi connectivity index (χ2n) is 18.2. The molecule has 0 amide bonds. The van der Waals surface area contributed by atoms with Crippen LogP contribution in [-0.4, -0.2) is 29.1 Å². The van der Waals surface area contributed by atoms with E-state index in [4.69, 9.17) is 33.1 Å². The lowest BCUT2D eigenvalue weighted by molar-refractivity contribution is 1.07. The highest BCUT2D eigenvalue weighted by atomic mass is 15.0. The second kappa shape index (κ2) is 18.4. The molecule has 0 radical (unpaired) electrons. The molecule has 0 fully saturated rings. The summed E-state index contributed by atoms with van der Waals surface area (Å²) in [6.45, 7) is 15.6. The van der Waals surface area contributed by atoms with Gasteiger partial charge in [-0.05, 0) is 89.0 Å². The van der Waals surface area contributed by atoms with Crippen molar-refractivity contribution in [1.29, 1.82) is 10.5 Å². The summed E-state index contributed by atoms with van der Waals surface area (Å²) in [5.74, 6) is 1.60. The Morgan fingerprint density at radius 2 is 0.934 bits per heavy atom. The number of para-hydroxylation sites is 2. The van der Waals surface area contributed by atoms with Crippen LogP contribution in [0.2, 0.25) is 0 Å². The van der Waals surface area contributed by atoms with Crippen molar-refractivity contribution in [2.75, 3.05) is 0 Å². The van der Waals surface area contributed by atoms with Crippen LogP contribution in [0.25, 0.3) is 132 Å². The first-order chi connectivity index (χ1) is 37.5. The molecule has 0 atom stereocenters. The SMILES string of the molecule is [C-]#[N+]c1ccc(-c2ccc3c(c2)c2ccccc2n3-c2cc(-c3nc(-c4ccccc4)nc(-c4ccccc4)n3)ccc2-c2cnccc2-n2c3ccccc3c3cc(-c4ccc(C#N)cc4[N+]#[C-])ccc32)c(C#N)c1. The highest BCUT2D eigenvalue weighted by Crippen LogP contribution is 2.44. The van der Waals surface area contributed by atoms with Crippen molar-refractivity contribution in [3.8, 4) is 91.1 Å². The summed E-state index contributed by atoms with van der Waals surface area (Å²) in [7, 11) is 0. The monoisotopic (exact) mass is 968 g/mol. The molecule has 0 N–H and O–H groups in total. The van der Waals surface area contributed by atoms with Crippen LogP contribution in [0.5, 0.6) is 0 Å². The number of nitrogens with zero attached hydrogens (tertiary/aromatic N) is 10. The van der Waals surface area contributed by atoms with Crippen molar-refractivity contribution >= 4 is 55.0 Å². The Morgan fingerprint density at radius 3 is 1.54 bits per heavy atom. The van der Waals surface area contributed by atoms with Crippen LogP contribution in [0.1, 0.15) is 11.1 Å². The van der Waals surface area contributed by atoms with E-state index in [1.54, 1.807) is 24.3 Å². The van der Waals surface area contributed by atoms with Crippen LogP contribution < -0.4 is 0 Å². The van der Waals surface area contributed by atoms with E-state index in [1.165, 1.54) is 0 Å². The maximum absolute atomic E-state index is 10.3. The van der Waals surface area contributed by atoms with Crippen LogP contribution >= 0.6 is 0 Å². The minimum atomic E-state index is 0.411. The fourth-order valence-electron chi connectivity index (χ4n) is 10.5. The van der Waals surface area contributed by atoms with Gasteiger partial charge in [-0.2, -0.15) is 10.5 Å². The predicted molar refractivity (Wildman–Crippen MR) is 301 cm³/mol. The smallest absolute Gasteiger partial charge is 0.196 e. The molecule has 0 aliphatic heterocycles. The van der Waals surface area contributed by atoms with Crippen molar-refractivity contribution in [2.45, 2.75) is 0 Å². The van der Waals surface area contributed by atoms with E-state index >= 15 is 0 Å². The molecule has 350 valence electrons. The van der Waals surface area contributed by atoms with Gasteiger partial charge in [-0.25, -0.2) is 24.6 Å². The number of hydrogen-bond donors (Lipinski definition) is 0. The highest BCUT2D eigenvalue weighted by Gasteiger charge is 2.24. The molecule has 0 saturated heterocycles. The van der Waals surface area contributed by atoms with Gasteiger partial charge in [0.05, 0.1) is 58.7 Å². The average molecular weight is 969 g/mol. The first-order valence-electron chi connectivity index (χ1n) is 24.4. The zero-order chi connectivity index (χ0) is 51.3. The van der Waals surface area contributed by atoms with E-state index < -0.39 is 0 Å². The molecular weight excluding hydrogens is 933 g/mol. The van der Waals surface area contributed by atoms with Crippen molar-refractivity contribution in [2.24, 2.45) is 0 Å². The summed E-state index contributed by atoms with van der Waals surface area (Å²) < 4.78 is 4.57. The van der Waals surface area contributed by atoms with Crippen LogP contribution in [0.15, 0.2) is 219 Å². The predicted octanol–water partition coefficient (Wildman–Crippen LogP) is 16.3. The molecule has 4 heterocycles. The molecule has 10 heteroatoms. The van der Waals surface area contributed by atoms with Crippen LogP contribution in [-0.2, 0) is 0 Å². The Morgan fingerprint density at radius 1 is 0.395 bits per heavy atom. The van der Waals surface area contributed by atoms with Crippen molar-refractivity contribution in [3.63, 3.8) is 0 Å². The fraction of sp³-hybridized carbons (Fsp3) is 0. The summed E-state index contributed by atoms with van der Waals surface area (Å²) >= 11 is 0. The van der Waals surface area contributed by atoms with Gasteiger partial charge in [0.25, 0.3) is 0 Å². The summed E-state index contributed by atoms with van der Waals surface area (Å²) in [5.41, 5.74) is 14.8. The number of benzene rings is 9. The number of pyridine rings is 1. The zero-order valence-electron chi connectivity index (χ0n) is 40.3. The molecule has 10 nitrogen and oxygen atoms in total.